The number of rotatable bonds is 3. The Labute approximate surface area is 68.3 Å². The lowest BCUT2D eigenvalue weighted by molar-refractivity contribution is 1.05. The van der Waals surface area contributed by atoms with E-state index in [1.807, 2.05) is 19.3 Å². The molecule has 2 nitrogen and oxygen atoms in total. The van der Waals surface area contributed by atoms with Crippen LogP contribution in [0.1, 0.15) is 19.2 Å². The van der Waals surface area contributed by atoms with Gasteiger partial charge in [0.2, 0.25) is 0 Å². The fraction of sp³-hybridized carbons (Fsp3) is 0.500. The van der Waals surface area contributed by atoms with Gasteiger partial charge in [0.15, 0.2) is 7.28 Å². The van der Waals surface area contributed by atoms with E-state index in [4.69, 9.17) is 0 Å². The maximum Gasteiger partial charge on any atom is 0.155 e. The highest BCUT2D eigenvalue weighted by Gasteiger charge is 1.94. The van der Waals surface area contributed by atoms with Crippen molar-refractivity contribution >= 4 is 12.7 Å². The number of hydrogen-bond donors (Lipinski definition) is 0. The largest absolute Gasteiger partial charge is 0.242 e. The first-order valence-corrected chi connectivity index (χ1v) is 3.94. The van der Waals surface area contributed by atoms with Gasteiger partial charge in [-0.15, -0.1) is 0 Å². The molecular formula is C8H12BN2. The molecule has 0 spiro atoms. The Balaban J connectivity index is 2.52. The summed E-state index contributed by atoms with van der Waals surface area (Å²) < 4.78 is 0. The maximum absolute atomic E-state index is 4.09. The predicted octanol–water partition coefficient (Wildman–Crippen LogP) is 0.943. The summed E-state index contributed by atoms with van der Waals surface area (Å²) in [6.07, 6.45) is 6.00. The first kappa shape index (κ1) is 8.24. The monoisotopic (exact) mass is 147 g/mol. The topological polar surface area (TPSA) is 25.8 Å². The van der Waals surface area contributed by atoms with E-state index in [0.29, 0.717) is 0 Å². The smallest absolute Gasteiger partial charge is 0.155 e. The summed E-state index contributed by atoms with van der Waals surface area (Å²) in [5.74, 6) is 0.832. The van der Waals surface area contributed by atoms with Crippen LogP contribution in [0.2, 0.25) is 6.32 Å². The molecule has 1 radical (unpaired) electrons. The second-order valence-electron chi connectivity index (χ2n) is 2.56. The van der Waals surface area contributed by atoms with Gasteiger partial charge < -0.3 is 0 Å². The van der Waals surface area contributed by atoms with Gasteiger partial charge in [-0.25, -0.2) is 9.97 Å². The molecule has 0 N–H and O–H groups in total. The number of nitrogens with zero attached hydrogens (tertiary/aromatic N) is 2. The lowest BCUT2D eigenvalue weighted by Gasteiger charge is -1.96. The molecule has 1 aromatic heterocycles. The van der Waals surface area contributed by atoms with Gasteiger partial charge in [0, 0.05) is 12.4 Å². The van der Waals surface area contributed by atoms with E-state index in [1.54, 1.807) is 0 Å². The minimum atomic E-state index is 0.832. The standard InChI is InChI=1S/C8H12BN2/c1-3-4-9-8-5-10-7(2)11-6-8/h5-6H,3-4H2,1-2H3. The van der Waals surface area contributed by atoms with Crippen LogP contribution < -0.4 is 5.46 Å². The number of aromatic nitrogens is 2. The van der Waals surface area contributed by atoms with Crippen molar-refractivity contribution in [3.63, 3.8) is 0 Å². The van der Waals surface area contributed by atoms with Crippen LogP contribution in [0.15, 0.2) is 12.4 Å². The fourth-order valence-electron chi connectivity index (χ4n) is 0.819. The summed E-state index contributed by atoms with van der Waals surface area (Å²) in [5, 5.41) is 0. The average molecular weight is 147 g/mol. The SMILES string of the molecule is CCC[B]c1cnc(C)nc1. The first-order valence-electron chi connectivity index (χ1n) is 3.94. The third-order valence-corrected chi connectivity index (χ3v) is 1.47. The second-order valence-corrected chi connectivity index (χ2v) is 2.56. The zero-order valence-electron chi connectivity index (χ0n) is 7.04. The quantitative estimate of drug-likeness (QED) is 0.594. The molecule has 57 valence electrons. The normalized spacial score (nSPS) is 9.64. The maximum atomic E-state index is 4.09. The third-order valence-electron chi connectivity index (χ3n) is 1.47. The van der Waals surface area contributed by atoms with Gasteiger partial charge in [-0.3, -0.25) is 0 Å². The molecule has 0 unspecified atom stereocenters. The highest BCUT2D eigenvalue weighted by molar-refractivity contribution is 6.53. The van der Waals surface area contributed by atoms with Crippen molar-refractivity contribution in [2.75, 3.05) is 0 Å². The van der Waals surface area contributed by atoms with Gasteiger partial charge in [-0.1, -0.05) is 25.1 Å². The Morgan fingerprint density at radius 3 is 2.55 bits per heavy atom. The molecule has 0 saturated carbocycles. The second kappa shape index (κ2) is 4.11. The first-order chi connectivity index (χ1) is 5.33. The molecule has 0 saturated heterocycles. The summed E-state index contributed by atoms with van der Waals surface area (Å²) in [5.41, 5.74) is 1.12. The predicted molar refractivity (Wildman–Crippen MR) is 47.3 cm³/mol. The van der Waals surface area contributed by atoms with Crippen molar-refractivity contribution in [3.8, 4) is 0 Å². The van der Waals surface area contributed by atoms with E-state index in [-0.39, 0.29) is 0 Å². The molecule has 3 heteroatoms. The molecule has 1 rings (SSSR count). The summed E-state index contributed by atoms with van der Waals surface area (Å²) in [6.45, 7) is 4.05. The van der Waals surface area contributed by atoms with E-state index in [2.05, 4.69) is 24.2 Å². The molecular weight excluding hydrogens is 135 g/mol. The van der Waals surface area contributed by atoms with Crippen molar-refractivity contribution in [2.24, 2.45) is 0 Å². The van der Waals surface area contributed by atoms with Crippen LogP contribution in [0.3, 0.4) is 0 Å². The highest BCUT2D eigenvalue weighted by Crippen LogP contribution is 1.86. The fourth-order valence-corrected chi connectivity index (χ4v) is 0.819. The van der Waals surface area contributed by atoms with Gasteiger partial charge in [-0.2, -0.15) is 0 Å². The van der Waals surface area contributed by atoms with Crippen LogP contribution in [-0.4, -0.2) is 17.2 Å². The molecule has 0 aliphatic rings. The minimum Gasteiger partial charge on any atom is -0.242 e. The van der Waals surface area contributed by atoms with Crippen LogP contribution in [0, 0.1) is 6.92 Å². The average Bonchev–Trinajstić information content (AvgIpc) is 2.04. The summed E-state index contributed by atoms with van der Waals surface area (Å²) >= 11 is 0. The molecule has 0 atom stereocenters. The Morgan fingerprint density at radius 1 is 1.36 bits per heavy atom. The number of hydrogen-bond acceptors (Lipinski definition) is 2. The lowest BCUT2D eigenvalue weighted by Crippen LogP contribution is -2.15. The Hall–Kier alpha value is -0.855. The van der Waals surface area contributed by atoms with E-state index < -0.39 is 0 Å². The molecule has 0 aliphatic heterocycles. The van der Waals surface area contributed by atoms with E-state index in [9.17, 15) is 0 Å². The van der Waals surface area contributed by atoms with Crippen LogP contribution in [-0.2, 0) is 0 Å². The zero-order chi connectivity index (χ0) is 8.10. The third kappa shape index (κ3) is 2.70. The summed E-state index contributed by atoms with van der Waals surface area (Å²) in [4.78, 5) is 8.18. The van der Waals surface area contributed by atoms with Crippen molar-refractivity contribution < 1.29 is 0 Å². The van der Waals surface area contributed by atoms with Gasteiger partial charge in [-0.05, 0) is 6.92 Å². The molecule has 1 heterocycles. The van der Waals surface area contributed by atoms with Crippen LogP contribution in [0.4, 0.5) is 0 Å². The van der Waals surface area contributed by atoms with Crippen molar-refractivity contribution in [1.82, 2.24) is 9.97 Å². The summed E-state index contributed by atoms with van der Waals surface area (Å²) in [6, 6.07) is 0. The van der Waals surface area contributed by atoms with Gasteiger partial charge in [0.25, 0.3) is 0 Å². The minimum absolute atomic E-state index is 0.832. The molecule has 0 aliphatic carbocycles. The van der Waals surface area contributed by atoms with Gasteiger partial charge in [0.1, 0.15) is 5.82 Å². The van der Waals surface area contributed by atoms with Crippen molar-refractivity contribution in [1.29, 1.82) is 0 Å². The molecule has 11 heavy (non-hydrogen) atoms. The Kier molecular flexibility index (Phi) is 3.08. The van der Waals surface area contributed by atoms with Crippen molar-refractivity contribution in [2.45, 2.75) is 26.6 Å². The zero-order valence-corrected chi connectivity index (χ0v) is 7.04. The van der Waals surface area contributed by atoms with E-state index in [0.717, 1.165) is 17.6 Å². The van der Waals surface area contributed by atoms with Gasteiger partial charge >= 0.3 is 0 Å². The molecule has 0 fully saturated rings. The summed E-state index contributed by atoms with van der Waals surface area (Å²) in [7, 11) is 2.15. The van der Waals surface area contributed by atoms with Crippen LogP contribution in [0.25, 0.3) is 0 Å². The van der Waals surface area contributed by atoms with E-state index in [1.165, 1.54) is 6.42 Å². The van der Waals surface area contributed by atoms with Gasteiger partial charge in [0.05, 0.1) is 0 Å². The Morgan fingerprint density at radius 2 is 2.00 bits per heavy atom. The van der Waals surface area contributed by atoms with Crippen molar-refractivity contribution in [3.05, 3.63) is 18.2 Å². The molecule has 0 amide bonds. The van der Waals surface area contributed by atoms with Crippen LogP contribution in [0.5, 0.6) is 0 Å². The Bertz CT molecular complexity index is 208. The molecule has 0 bridgehead atoms. The molecule has 0 aromatic carbocycles. The van der Waals surface area contributed by atoms with Crippen LogP contribution >= 0.6 is 0 Å². The molecule has 1 aromatic rings. The van der Waals surface area contributed by atoms with E-state index >= 15 is 0 Å². The number of aryl methyl sites for hydroxylation is 1. The highest BCUT2D eigenvalue weighted by atomic mass is 14.8. The lowest BCUT2D eigenvalue weighted by atomic mass is 9.68.